The zero-order valence-corrected chi connectivity index (χ0v) is 13.4. The van der Waals surface area contributed by atoms with Crippen molar-refractivity contribution in [2.75, 3.05) is 6.61 Å². The number of rotatable bonds is 4. The van der Waals surface area contributed by atoms with Gasteiger partial charge in [-0.25, -0.2) is 0 Å². The maximum atomic E-state index is 10.6. The zero-order chi connectivity index (χ0) is 15.2. The molecule has 2 saturated carbocycles. The van der Waals surface area contributed by atoms with Gasteiger partial charge in [-0.15, -0.1) is 0 Å². The van der Waals surface area contributed by atoms with Gasteiger partial charge in [0.25, 0.3) is 0 Å². The Kier molecular flexibility index (Phi) is 3.43. The molecule has 1 spiro atoms. The molecule has 0 heterocycles. The lowest BCUT2D eigenvalue weighted by Gasteiger charge is -2.41. The Labute approximate surface area is 133 Å². The van der Waals surface area contributed by atoms with Gasteiger partial charge in [0.15, 0.2) is 0 Å². The van der Waals surface area contributed by atoms with E-state index in [2.05, 4.69) is 43.3 Å². The molecule has 1 aromatic rings. The van der Waals surface area contributed by atoms with Gasteiger partial charge in [-0.3, -0.25) is 0 Å². The smallest absolute Gasteiger partial charge is 0.0788 e. The van der Waals surface area contributed by atoms with Crippen LogP contribution in [0.3, 0.4) is 0 Å². The molecule has 2 heteroatoms. The Morgan fingerprint density at radius 3 is 2.82 bits per heavy atom. The summed E-state index contributed by atoms with van der Waals surface area (Å²) in [5.41, 5.74) is 1.64. The molecule has 2 nitrogen and oxygen atoms in total. The molecule has 0 aliphatic heterocycles. The lowest BCUT2D eigenvalue weighted by molar-refractivity contribution is -0.0123. The minimum absolute atomic E-state index is 0.105. The lowest BCUT2D eigenvalue weighted by Crippen LogP contribution is -2.41. The van der Waals surface area contributed by atoms with Crippen LogP contribution in [-0.4, -0.2) is 17.8 Å². The summed E-state index contributed by atoms with van der Waals surface area (Å²) >= 11 is 0. The molecule has 0 bridgehead atoms. The summed E-state index contributed by atoms with van der Waals surface area (Å²) < 4.78 is 6.04. The van der Waals surface area contributed by atoms with E-state index in [-0.39, 0.29) is 11.5 Å². The van der Waals surface area contributed by atoms with E-state index in [9.17, 15) is 5.11 Å². The van der Waals surface area contributed by atoms with Crippen LogP contribution in [0.15, 0.2) is 42.5 Å². The van der Waals surface area contributed by atoms with Gasteiger partial charge in [0, 0.05) is 5.41 Å². The summed E-state index contributed by atoms with van der Waals surface area (Å²) in [5, 5.41) is 10.6. The van der Waals surface area contributed by atoms with Crippen molar-refractivity contribution in [2.24, 2.45) is 22.7 Å². The fraction of sp³-hybridized carbons (Fsp3) is 0.600. The number of aliphatic hydroxyl groups excluding tert-OH is 1. The predicted molar refractivity (Wildman–Crippen MR) is 87.2 cm³/mol. The highest BCUT2D eigenvalue weighted by atomic mass is 16.5. The van der Waals surface area contributed by atoms with E-state index in [1.54, 1.807) is 0 Å². The summed E-state index contributed by atoms with van der Waals surface area (Å²) in [6.45, 7) is 3.91. The number of allylic oxidation sites excluding steroid dienone is 1. The highest BCUT2D eigenvalue weighted by molar-refractivity contribution is 5.27. The van der Waals surface area contributed by atoms with E-state index < -0.39 is 0 Å². The van der Waals surface area contributed by atoms with Gasteiger partial charge in [0.05, 0.1) is 19.3 Å². The fourth-order valence-corrected chi connectivity index (χ4v) is 5.79. The molecule has 0 saturated heterocycles. The average Bonchev–Trinajstić information content (AvgIpc) is 3.09. The van der Waals surface area contributed by atoms with Crippen molar-refractivity contribution in [3.8, 4) is 0 Å². The number of aliphatic hydroxyl groups is 1. The molecule has 3 aliphatic rings. The van der Waals surface area contributed by atoms with Crippen LogP contribution in [0.5, 0.6) is 0 Å². The molecular weight excluding hydrogens is 272 g/mol. The third kappa shape index (κ3) is 1.93. The van der Waals surface area contributed by atoms with Crippen molar-refractivity contribution >= 4 is 0 Å². The minimum atomic E-state index is -0.246. The first kappa shape index (κ1) is 14.5. The van der Waals surface area contributed by atoms with Crippen molar-refractivity contribution < 1.29 is 9.84 Å². The van der Waals surface area contributed by atoms with Crippen molar-refractivity contribution in [1.29, 1.82) is 0 Å². The number of hydrogen-bond donors (Lipinski definition) is 1. The van der Waals surface area contributed by atoms with Gasteiger partial charge >= 0.3 is 0 Å². The molecular formula is C20H26O2. The first-order valence-corrected chi connectivity index (χ1v) is 8.64. The maximum Gasteiger partial charge on any atom is 0.0788 e. The van der Waals surface area contributed by atoms with Crippen LogP contribution in [0.4, 0.5) is 0 Å². The van der Waals surface area contributed by atoms with Crippen LogP contribution in [0.25, 0.3) is 0 Å². The van der Waals surface area contributed by atoms with E-state index in [0.29, 0.717) is 23.9 Å². The van der Waals surface area contributed by atoms with Gasteiger partial charge in [-0.05, 0) is 42.1 Å². The summed E-state index contributed by atoms with van der Waals surface area (Å²) in [7, 11) is 0. The largest absolute Gasteiger partial charge is 0.388 e. The zero-order valence-electron chi connectivity index (χ0n) is 13.4. The standard InChI is InChI=1S/C20H26O2/c1-19-10-5-11-20(19)17(8-9-18(20)21)16(12-19)14-22-13-15-6-3-2-4-7-15/h2-4,6-9,16-18,21H,5,10-14H2,1H3/t16?,17-,18+,19-,20+/m0/s1. The Morgan fingerprint density at radius 1 is 1.18 bits per heavy atom. The SMILES string of the molecule is C[C@@]12CCC[C@@]13[C@H](O)C=C[C@H]3C(COCc1ccccc1)C2. The molecule has 118 valence electrons. The van der Waals surface area contributed by atoms with E-state index >= 15 is 0 Å². The van der Waals surface area contributed by atoms with Crippen LogP contribution in [-0.2, 0) is 11.3 Å². The van der Waals surface area contributed by atoms with Crippen molar-refractivity contribution in [3.05, 3.63) is 48.0 Å². The fourth-order valence-electron chi connectivity index (χ4n) is 5.79. The number of hydrogen-bond acceptors (Lipinski definition) is 2. The van der Waals surface area contributed by atoms with Crippen LogP contribution in [0.1, 0.15) is 38.2 Å². The van der Waals surface area contributed by atoms with Gasteiger partial charge in [0.1, 0.15) is 0 Å². The predicted octanol–water partition coefficient (Wildman–Crippen LogP) is 3.95. The molecule has 4 rings (SSSR count). The minimum Gasteiger partial charge on any atom is -0.388 e. The van der Waals surface area contributed by atoms with Gasteiger partial charge in [0.2, 0.25) is 0 Å². The van der Waals surface area contributed by atoms with Gasteiger partial charge < -0.3 is 9.84 Å². The first-order chi connectivity index (χ1) is 10.7. The third-order valence-electron chi connectivity index (χ3n) is 6.73. The summed E-state index contributed by atoms with van der Waals surface area (Å²) in [6.07, 6.45) is 9.01. The molecule has 22 heavy (non-hydrogen) atoms. The second-order valence-electron chi connectivity index (χ2n) is 7.78. The highest BCUT2D eigenvalue weighted by Gasteiger charge is 2.66. The first-order valence-electron chi connectivity index (χ1n) is 8.64. The van der Waals surface area contributed by atoms with Gasteiger partial charge in [-0.2, -0.15) is 0 Å². The molecule has 0 radical (unpaired) electrons. The van der Waals surface area contributed by atoms with E-state index in [1.165, 1.54) is 31.2 Å². The van der Waals surface area contributed by atoms with Crippen molar-refractivity contribution in [1.82, 2.24) is 0 Å². The average molecular weight is 298 g/mol. The number of ether oxygens (including phenoxy) is 1. The Morgan fingerprint density at radius 2 is 2.00 bits per heavy atom. The van der Waals surface area contributed by atoms with E-state index in [1.807, 2.05) is 6.07 Å². The second kappa shape index (κ2) is 5.21. The molecule has 5 atom stereocenters. The molecule has 3 aliphatic carbocycles. The molecule has 0 aromatic heterocycles. The summed E-state index contributed by atoms with van der Waals surface area (Å²) in [4.78, 5) is 0. The van der Waals surface area contributed by atoms with Crippen LogP contribution < -0.4 is 0 Å². The normalized spacial score (nSPS) is 42.5. The van der Waals surface area contributed by atoms with Gasteiger partial charge in [-0.1, -0.05) is 55.8 Å². The molecule has 0 amide bonds. The number of benzene rings is 1. The van der Waals surface area contributed by atoms with E-state index in [0.717, 1.165) is 6.61 Å². The highest BCUT2D eigenvalue weighted by Crippen LogP contribution is 2.70. The Balaban J connectivity index is 1.45. The summed E-state index contributed by atoms with van der Waals surface area (Å²) in [6, 6.07) is 10.4. The van der Waals surface area contributed by atoms with Crippen molar-refractivity contribution in [2.45, 2.75) is 45.3 Å². The molecule has 1 N–H and O–H groups in total. The topological polar surface area (TPSA) is 29.5 Å². The van der Waals surface area contributed by atoms with Crippen LogP contribution in [0, 0.1) is 22.7 Å². The lowest BCUT2D eigenvalue weighted by atomic mass is 9.64. The molecule has 2 fully saturated rings. The summed E-state index contributed by atoms with van der Waals surface area (Å²) in [5.74, 6) is 1.06. The van der Waals surface area contributed by atoms with Crippen molar-refractivity contribution in [3.63, 3.8) is 0 Å². The Hall–Kier alpha value is -1.12. The monoisotopic (exact) mass is 298 g/mol. The molecule has 1 unspecified atom stereocenters. The second-order valence-corrected chi connectivity index (χ2v) is 7.78. The van der Waals surface area contributed by atoms with Crippen LogP contribution >= 0.6 is 0 Å². The third-order valence-corrected chi connectivity index (χ3v) is 6.73. The quantitative estimate of drug-likeness (QED) is 0.853. The molecule has 1 aromatic carbocycles. The van der Waals surface area contributed by atoms with Crippen LogP contribution in [0.2, 0.25) is 0 Å². The maximum absolute atomic E-state index is 10.6. The Bertz CT molecular complexity index is 566. The van der Waals surface area contributed by atoms with E-state index in [4.69, 9.17) is 4.74 Å².